The van der Waals surface area contributed by atoms with Crippen molar-refractivity contribution in [1.29, 1.82) is 5.26 Å². The van der Waals surface area contributed by atoms with Crippen LogP contribution in [0.4, 0.5) is 0 Å². The molecule has 0 atom stereocenters. The first-order valence-corrected chi connectivity index (χ1v) is 10.9. The monoisotopic (exact) mass is 438 g/mol. The summed E-state index contributed by atoms with van der Waals surface area (Å²) in [5.41, 5.74) is 8.99. The average Bonchev–Trinajstić information content (AvgIpc) is 3.32. The van der Waals surface area contributed by atoms with Crippen LogP contribution in [0.5, 0.6) is 0 Å². The lowest BCUT2D eigenvalue weighted by atomic mass is 10.1. The topological polar surface area (TPSA) is 83.7 Å². The van der Waals surface area contributed by atoms with Gasteiger partial charge in [-0.05, 0) is 99.8 Å². The Bertz CT molecular complexity index is 1390. The summed E-state index contributed by atoms with van der Waals surface area (Å²) in [4.78, 5) is 19.9. The second-order valence-corrected chi connectivity index (χ2v) is 8.14. The Balaban J connectivity index is 1.71. The number of aromatic nitrogens is 3. The number of nitrogens with zero attached hydrogens (tertiary/aromatic N) is 3. The van der Waals surface area contributed by atoms with E-state index in [-0.39, 0.29) is 5.97 Å². The Morgan fingerprint density at radius 2 is 1.82 bits per heavy atom. The molecule has 0 unspecified atom stereocenters. The van der Waals surface area contributed by atoms with Crippen LogP contribution < -0.4 is 0 Å². The molecular weight excluding hydrogens is 412 g/mol. The molecule has 0 aliphatic heterocycles. The molecule has 0 radical (unpaired) electrons. The van der Waals surface area contributed by atoms with E-state index in [9.17, 15) is 10.1 Å². The van der Waals surface area contributed by atoms with Crippen molar-refractivity contribution in [2.75, 3.05) is 6.61 Å². The molecule has 33 heavy (non-hydrogen) atoms. The summed E-state index contributed by atoms with van der Waals surface area (Å²) in [5.74, 6) is 0.226. The fraction of sp³-hybridized carbons (Fsp3) is 0.222. The molecule has 0 saturated carbocycles. The number of aryl methyl sites for hydroxylation is 3. The fourth-order valence-electron chi connectivity index (χ4n) is 4.00. The van der Waals surface area contributed by atoms with E-state index in [2.05, 4.69) is 40.5 Å². The maximum atomic E-state index is 11.9. The SMILES string of the molecule is CCOC(=O)c1ccc(-n2c(C)cc(/C=C(/C#N)c3nc4cc(C)c(C)cc4[nH]3)c2C)cc1. The van der Waals surface area contributed by atoms with Crippen LogP contribution in [0.3, 0.4) is 0 Å². The normalized spacial score (nSPS) is 11.6. The highest BCUT2D eigenvalue weighted by molar-refractivity contribution is 5.91. The van der Waals surface area contributed by atoms with Gasteiger partial charge in [0, 0.05) is 17.1 Å². The van der Waals surface area contributed by atoms with E-state index in [4.69, 9.17) is 4.74 Å². The van der Waals surface area contributed by atoms with Gasteiger partial charge < -0.3 is 14.3 Å². The van der Waals surface area contributed by atoms with Gasteiger partial charge in [0.2, 0.25) is 0 Å². The first-order valence-electron chi connectivity index (χ1n) is 10.9. The van der Waals surface area contributed by atoms with Gasteiger partial charge in [-0.3, -0.25) is 0 Å². The third kappa shape index (κ3) is 4.18. The Morgan fingerprint density at radius 3 is 2.48 bits per heavy atom. The van der Waals surface area contributed by atoms with Gasteiger partial charge in [-0.15, -0.1) is 0 Å². The van der Waals surface area contributed by atoms with Crippen molar-refractivity contribution in [3.05, 3.63) is 81.9 Å². The number of carbonyl (C=O) groups excluding carboxylic acids is 1. The number of allylic oxidation sites excluding steroid dienone is 1. The van der Waals surface area contributed by atoms with Crippen molar-refractivity contribution in [2.45, 2.75) is 34.6 Å². The summed E-state index contributed by atoms with van der Waals surface area (Å²) in [7, 11) is 0. The second kappa shape index (κ2) is 8.79. The van der Waals surface area contributed by atoms with Crippen molar-refractivity contribution in [2.24, 2.45) is 0 Å². The number of imidazole rings is 1. The average molecular weight is 439 g/mol. The van der Waals surface area contributed by atoms with Gasteiger partial charge in [0.25, 0.3) is 0 Å². The largest absolute Gasteiger partial charge is 0.462 e. The lowest BCUT2D eigenvalue weighted by Crippen LogP contribution is -2.05. The molecule has 166 valence electrons. The predicted molar refractivity (Wildman–Crippen MR) is 130 cm³/mol. The molecular formula is C27H26N4O2. The van der Waals surface area contributed by atoms with Crippen molar-refractivity contribution in [3.63, 3.8) is 0 Å². The van der Waals surface area contributed by atoms with Crippen LogP contribution >= 0.6 is 0 Å². The van der Waals surface area contributed by atoms with E-state index < -0.39 is 0 Å². The lowest BCUT2D eigenvalue weighted by Gasteiger charge is -2.10. The molecule has 0 spiro atoms. The molecule has 1 N–H and O–H groups in total. The number of esters is 1. The molecule has 2 heterocycles. The molecule has 0 amide bonds. The number of ether oxygens (including phenoxy) is 1. The quantitative estimate of drug-likeness (QED) is 0.314. The Kier molecular flexibility index (Phi) is 5.89. The molecule has 6 nitrogen and oxygen atoms in total. The van der Waals surface area contributed by atoms with Crippen LogP contribution in [0.25, 0.3) is 28.4 Å². The molecule has 4 aromatic rings. The zero-order valence-electron chi connectivity index (χ0n) is 19.5. The summed E-state index contributed by atoms with van der Waals surface area (Å²) in [6.07, 6.45) is 1.86. The van der Waals surface area contributed by atoms with E-state index in [1.54, 1.807) is 19.1 Å². The molecule has 0 bridgehead atoms. The summed E-state index contributed by atoms with van der Waals surface area (Å²) < 4.78 is 7.16. The third-order valence-electron chi connectivity index (χ3n) is 5.88. The van der Waals surface area contributed by atoms with Crippen molar-refractivity contribution >= 4 is 28.7 Å². The molecule has 4 rings (SSSR count). The number of hydrogen-bond acceptors (Lipinski definition) is 4. The third-order valence-corrected chi connectivity index (χ3v) is 5.88. The van der Waals surface area contributed by atoms with Crippen molar-refractivity contribution in [1.82, 2.24) is 14.5 Å². The number of carbonyl (C=O) groups is 1. The molecule has 6 heteroatoms. The van der Waals surface area contributed by atoms with Gasteiger partial charge in [0.1, 0.15) is 11.9 Å². The predicted octanol–water partition coefficient (Wildman–Crippen LogP) is 5.83. The maximum Gasteiger partial charge on any atom is 0.338 e. The van der Waals surface area contributed by atoms with Crippen molar-refractivity contribution < 1.29 is 9.53 Å². The molecule has 0 aliphatic rings. The lowest BCUT2D eigenvalue weighted by molar-refractivity contribution is 0.0526. The van der Waals surface area contributed by atoms with Crippen LogP contribution in [-0.2, 0) is 4.74 Å². The van der Waals surface area contributed by atoms with Gasteiger partial charge in [0.05, 0.1) is 28.8 Å². The number of hydrogen-bond donors (Lipinski definition) is 1. The Hall–Kier alpha value is -4.11. The number of nitriles is 1. The number of rotatable bonds is 5. The first kappa shape index (κ1) is 22.1. The van der Waals surface area contributed by atoms with E-state index in [1.807, 2.05) is 44.2 Å². The van der Waals surface area contributed by atoms with Crippen LogP contribution in [0.15, 0.2) is 42.5 Å². The van der Waals surface area contributed by atoms with Crippen molar-refractivity contribution in [3.8, 4) is 11.8 Å². The van der Waals surface area contributed by atoms with E-state index in [0.717, 1.165) is 33.7 Å². The molecule has 0 saturated heterocycles. The number of H-pyrrole nitrogens is 1. The fourth-order valence-corrected chi connectivity index (χ4v) is 4.00. The van der Waals surface area contributed by atoms with E-state index in [1.165, 1.54) is 11.1 Å². The maximum absolute atomic E-state index is 11.9. The molecule has 2 aromatic carbocycles. The second-order valence-electron chi connectivity index (χ2n) is 8.14. The number of aromatic amines is 1. The molecule has 0 fully saturated rings. The highest BCUT2D eigenvalue weighted by atomic mass is 16.5. The highest BCUT2D eigenvalue weighted by Gasteiger charge is 2.14. The van der Waals surface area contributed by atoms with Crippen LogP contribution in [0.2, 0.25) is 0 Å². The Morgan fingerprint density at radius 1 is 1.12 bits per heavy atom. The van der Waals surface area contributed by atoms with Crippen LogP contribution in [0.1, 0.15) is 51.2 Å². The minimum atomic E-state index is -0.330. The summed E-state index contributed by atoms with van der Waals surface area (Å²) >= 11 is 0. The minimum Gasteiger partial charge on any atom is -0.462 e. The smallest absolute Gasteiger partial charge is 0.338 e. The summed E-state index contributed by atoms with van der Waals surface area (Å²) in [6, 6.07) is 15.8. The minimum absolute atomic E-state index is 0.330. The number of nitrogens with one attached hydrogen (secondary N) is 1. The zero-order valence-corrected chi connectivity index (χ0v) is 19.5. The zero-order chi connectivity index (χ0) is 23.7. The summed E-state index contributed by atoms with van der Waals surface area (Å²) in [6.45, 7) is 10.3. The van der Waals surface area contributed by atoms with Gasteiger partial charge in [-0.25, -0.2) is 9.78 Å². The van der Waals surface area contributed by atoms with Crippen LogP contribution in [0, 0.1) is 39.0 Å². The number of benzene rings is 2. The van der Waals surface area contributed by atoms with Gasteiger partial charge in [0.15, 0.2) is 0 Å². The standard InChI is InChI=1S/C27H26N4O2/c1-6-33-27(32)20-7-9-23(10-8-20)31-18(4)13-21(19(31)5)14-22(15-28)26-29-24-11-16(2)17(3)12-25(24)30-26/h7-14H,6H2,1-5H3,(H,29,30)/b22-14-. The van der Waals surface area contributed by atoms with Gasteiger partial charge in [-0.2, -0.15) is 5.26 Å². The number of fused-ring (bicyclic) bond motifs is 1. The first-order chi connectivity index (χ1) is 15.8. The summed E-state index contributed by atoms with van der Waals surface area (Å²) in [5, 5.41) is 9.86. The molecule has 0 aliphatic carbocycles. The van der Waals surface area contributed by atoms with Gasteiger partial charge >= 0.3 is 5.97 Å². The highest BCUT2D eigenvalue weighted by Crippen LogP contribution is 2.26. The Labute approximate surface area is 193 Å². The van der Waals surface area contributed by atoms with E-state index in [0.29, 0.717) is 23.6 Å². The van der Waals surface area contributed by atoms with E-state index >= 15 is 0 Å². The molecule has 2 aromatic heterocycles. The van der Waals surface area contributed by atoms with Gasteiger partial charge in [-0.1, -0.05) is 0 Å². The van der Waals surface area contributed by atoms with Crippen LogP contribution in [-0.4, -0.2) is 27.1 Å².